The average molecular weight is 369 g/mol. The van der Waals surface area contributed by atoms with Gasteiger partial charge < -0.3 is 9.32 Å². The summed E-state index contributed by atoms with van der Waals surface area (Å²) in [4.78, 5) is 14.8. The normalized spacial score (nSPS) is 16.5. The smallest absolute Gasteiger partial charge is 0.237 e. The zero-order valence-electron chi connectivity index (χ0n) is 14.4. The Morgan fingerprint density at radius 3 is 3.04 bits per heavy atom. The van der Waals surface area contributed by atoms with Gasteiger partial charge in [-0.3, -0.25) is 4.79 Å². The highest BCUT2D eigenvalue weighted by Gasteiger charge is 2.28. The minimum absolute atomic E-state index is 0.0715. The number of nitrogens with zero attached hydrogens (tertiary/aromatic N) is 5. The fraction of sp³-hybridized carbons (Fsp3) is 0.333. The van der Waals surface area contributed by atoms with Crippen LogP contribution in [0.3, 0.4) is 0 Å². The molecule has 0 radical (unpaired) electrons. The molecular formula is C18H19N5O2S. The van der Waals surface area contributed by atoms with Crippen LogP contribution in [0.25, 0.3) is 0 Å². The first-order valence-corrected chi connectivity index (χ1v) is 9.52. The summed E-state index contributed by atoms with van der Waals surface area (Å²) in [6.45, 7) is 2.54. The van der Waals surface area contributed by atoms with Crippen LogP contribution < -0.4 is 4.90 Å². The van der Waals surface area contributed by atoms with Gasteiger partial charge in [0.2, 0.25) is 11.1 Å². The van der Waals surface area contributed by atoms with Crippen molar-refractivity contribution in [1.29, 1.82) is 0 Å². The lowest BCUT2D eigenvalue weighted by Gasteiger charge is -2.35. The molecule has 4 rings (SSSR count). The van der Waals surface area contributed by atoms with Crippen LogP contribution in [0.1, 0.15) is 24.7 Å². The number of benzene rings is 1. The molecule has 0 aliphatic carbocycles. The van der Waals surface area contributed by atoms with Gasteiger partial charge >= 0.3 is 0 Å². The molecule has 0 unspecified atom stereocenters. The number of hydrogen-bond donors (Lipinski definition) is 0. The van der Waals surface area contributed by atoms with E-state index in [9.17, 15) is 4.79 Å². The number of amides is 1. The van der Waals surface area contributed by atoms with Gasteiger partial charge in [0, 0.05) is 11.7 Å². The van der Waals surface area contributed by atoms with E-state index in [-0.39, 0.29) is 17.7 Å². The number of fused-ring (bicyclic) bond motifs is 1. The van der Waals surface area contributed by atoms with Crippen molar-refractivity contribution < 1.29 is 9.21 Å². The van der Waals surface area contributed by atoms with Crippen LogP contribution in [-0.2, 0) is 17.8 Å². The molecule has 26 heavy (non-hydrogen) atoms. The molecule has 1 atom stereocenters. The molecule has 3 aromatic rings. The summed E-state index contributed by atoms with van der Waals surface area (Å²) < 4.78 is 6.98. The molecular weight excluding hydrogens is 350 g/mol. The third-order valence-corrected chi connectivity index (χ3v) is 5.44. The van der Waals surface area contributed by atoms with Gasteiger partial charge in [0.15, 0.2) is 0 Å². The van der Waals surface area contributed by atoms with Gasteiger partial charge in [-0.2, -0.15) is 0 Å². The van der Waals surface area contributed by atoms with E-state index in [0.717, 1.165) is 24.3 Å². The van der Waals surface area contributed by atoms with Crippen molar-refractivity contribution >= 4 is 23.4 Å². The number of anilines is 1. The SMILES string of the molecule is C[C@H]1CCc2ccccc2N1C(=O)CSc1nnnn1Cc1ccco1. The number of furan rings is 1. The standard InChI is InChI=1S/C18H19N5O2S/c1-13-8-9-14-5-2-3-7-16(14)23(13)17(24)12-26-18-19-20-21-22(18)11-15-6-4-10-25-15/h2-7,10,13H,8-9,11-12H2,1H3/t13-/m0/s1. The van der Waals surface area contributed by atoms with Crippen molar-refractivity contribution in [3.05, 3.63) is 54.0 Å². The van der Waals surface area contributed by atoms with Crippen molar-refractivity contribution in [2.45, 2.75) is 37.5 Å². The lowest BCUT2D eigenvalue weighted by Crippen LogP contribution is -2.43. The molecule has 3 heterocycles. The average Bonchev–Trinajstić information content (AvgIpc) is 3.32. The molecule has 0 saturated carbocycles. The third-order valence-electron chi connectivity index (χ3n) is 4.50. The highest BCUT2D eigenvalue weighted by Crippen LogP contribution is 2.31. The molecule has 0 spiro atoms. The Hall–Kier alpha value is -2.61. The summed E-state index contributed by atoms with van der Waals surface area (Å²) in [6, 6.07) is 12.0. The molecule has 1 amide bonds. The van der Waals surface area contributed by atoms with Crippen molar-refractivity contribution in [3.63, 3.8) is 0 Å². The molecule has 1 aliphatic heterocycles. The Morgan fingerprint density at radius 1 is 1.31 bits per heavy atom. The van der Waals surface area contributed by atoms with E-state index < -0.39 is 0 Å². The Morgan fingerprint density at radius 2 is 2.19 bits per heavy atom. The molecule has 0 N–H and O–H groups in total. The molecule has 1 aromatic carbocycles. The summed E-state index contributed by atoms with van der Waals surface area (Å²) in [5, 5.41) is 12.3. The number of thioether (sulfide) groups is 1. The Bertz CT molecular complexity index is 893. The van der Waals surface area contributed by atoms with E-state index in [4.69, 9.17) is 4.42 Å². The quantitative estimate of drug-likeness (QED) is 0.644. The number of aromatic nitrogens is 4. The van der Waals surface area contributed by atoms with Crippen molar-refractivity contribution in [2.24, 2.45) is 0 Å². The zero-order valence-corrected chi connectivity index (χ0v) is 15.2. The van der Waals surface area contributed by atoms with Crippen molar-refractivity contribution in [1.82, 2.24) is 20.2 Å². The highest BCUT2D eigenvalue weighted by molar-refractivity contribution is 7.99. The second-order valence-corrected chi connectivity index (χ2v) is 7.21. The van der Waals surface area contributed by atoms with E-state index in [1.54, 1.807) is 10.9 Å². The largest absolute Gasteiger partial charge is 0.467 e. The fourth-order valence-corrected chi connectivity index (χ4v) is 3.95. The molecule has 0 fully saturated rings. The van der Waals surface area contributed by atoms with Gasteiger partial charge in [-0.25, -0.2) is 4.68 Å². The second-order valence-electron chi connectivity index (χ2n) is 6.27. The summed E-state index contributed by atoms with van der Waals surface area (Å²) in [5.74, 6) is 1.13. The van der Waals surface area contributed by atoms with Gasteiger partial charge in [0.25, 0.3) is 0 Å². The minimum atomic E-state index is 0.0715. The molecule has 8 heteroatoms. The van der Waals surface area contributed by atoms with Crippen molar-refractivity contribution in [3.8, 4) is 0 Å². The molecule has 0 bridgehead atoms. The van der Waals surface area contributed by atoms with Crippen LogP contribution in [-0.4, -0.2) is 37.9 Å². The van der Waals surface area contributed by atoms with E-state index >= 15 is 0 Å². The van der Waals surface area contributed by atoms with Crippen LogP contribution >= 0.6 is 11.8 Å². The Balaban J connectivity index is 1.46. The van der Waals surface area contributed by atoms with Gasteiger partial charge in [-0.15, -0.1) is 5.10 Å². The van der Waals surface area contributed by atoms with Gasteiger partial charge in [-0.1, -0.05) is 30.0 Å². The molecule has 134 valence electrons. The first-order valence-electron chi connectivity index (χ1n) is 8.53. The number of para-hydroxylation sites is 1. The van der Waals surface area contributed by atoms with E-state index in [1.807, 2.05) is 35.2 Å². The second kappa shape index (κ2) is 7.33. The predicted molar refractivity (Wildman–Crippen MR) is 98.1 cm³/mol. The van der Waals surface area contributed by atoms with Crippen LogP contribution in [0.15, 0.2) is 52.2 Å². The number of carbonyl (C=O) groups is 1. The highest BCUT2D eigenvalue weighted by atomic mass is 32.2. The van der Waals surface area contributed by atoms with E-state index in [0.29, 0.717) is 11.7 Å². The number of aryl methyl sites for hydroxylation is 1. The molecule has 1 aliphatic rings. The minimum Gasteiger partial charge on any atom is -0.467 e. The van der Waals surface area contributed by atoms with Crippen LogP contribution in [0.5, 0.6) is 0 Å². The first-order chi connectivity index (χ1) is 12.7. The van der Waals surface area contributed by atoms with Gasteiger partial charge in [0.1, 0.15) is 12.3 Å². The lowest BCUT2D eigenvalue weighted by molar-refractivity contribution is -0.116. The zero-order chi connectivity index (χ0) is 17.9. The molecule has 2 aromatic heterocycles. The van der Waals surface area contributed by atoms with E-state index in [2.05, 4.69) is 28.5 Å². The topological polar surface area (TPSA) is 77.1 Å². The number of hydrogen-bond acceptors (Lipinski definition) is 6. The maximum Gasteiger partial charge on any atom is 0.237 e. The van der Waals surface area contributed by atoms with Gasteiger partial charge in [-0.05, 0) is 54.0 Å². The Labute approximate surface area is 155 Å². The van der Waals surface area contributed by atoms with Crippen molar-refractivity contribution in [2.75, 3.05) is 10.7 Å². The third kappa shape index (κ3) is 3.37. The van der Waals surface area contributed by atoms with E-state index in [1.165, 1.54) is 17.3 Å². The monoisotopic (exact) mass is 369 g/mol. The first kappa shape index (κ1) is 16.8. The summed E-state index contributed by atoms with van der Waals surface area (Å²) >= 11 is 1.35. The number of rotatable bonds is 5. The van der Waals surface area contributed by atoms with Gasteiger partial charge in [0.05, 0.1) is 12.0 Å². The summed E-state index contributed by atoms with van der Waals surface area (Å²) in [7, 11) is 0. The van der Waals surface area contributed by atoms with Crippen LogP contribution in [0.2, 0.25) is 0 Å². The summed E-state index contributed by atoms with van der Waals surface area (Å²) in [6.07, 6.45) is 3.60. The molecule has 7 nitrogen and oxygen atoms in total. The maximum atomic E-state index is 12.9. The van der Waals surface area contributed by atoms with Crippen LogP contribution in [0, 0.1) is 0 Å². The lowest BCUT2D eigenvalue weighted by atomic mass is 9.97. The Kier molecular flexibility index (Phi) is 4.75. The number of tetrazole rings is 1. The van der Waals surface area contributed by atoms with Crippen LogP contribution in [0.4, 0.5) is 5.69 Å². The predicted octanol–water partition coefficient (Wildman–Crippen LogP) is 2.77. The maximum absolute atomic E-state index is 12.9. The number of carbonyl (C=O) groups excluding carboxylic acids is 1. The fourth-order valence-electron chi connectivity index (χ4n) is 3.21. The summed E-state index contributed by atoms with van der Waals surface area (Å²) in [5.41, 5.74) is 2.25. The molecule has 0 saturated heterocycles.